The second kappa shape index (κ2) is 9.45. The summed E-state index contributed by atoms with van der Waals surface area (Å²) in [6.07, 6.45) is 14.7. The van der Waals surface area contributed by atoms with Gasteiger partial charge in [0.1, 0.15) is 0 Å². The summed E-state index contributed by atoms with van der Waals surface area (Å²) in [6, 6.07) is 1.06. The second-order valence-electron chi connectivity index (χ2n) is 6.87. The van der Waals surface area contributed by atoms with Gasteiger partial charge in [0.15, 0.2) is 0 Å². The molecule has 2 heterocycles. The number of nitrogens with one attached hydrogen (secondary N) is 1. The highest BCUT2D eigenvalue weighted by atomic mass is 16.2. The summed E-state index contributed by atoms with van der Waals surface area (Å²) < 4.78 is 0. The van der Waals surface area contributed by atoms with Gasteiger partial charge in [-0.1, -0.05) is 45.4 Å². The predicted octanol–water partition coefficient (Wildman–Crippen LogP) is 3.87. The van der Waals surface area contributed by atoms with E-state index in [1.165, 1.54) is 64.2 Å². The standard InChI is InChI=1S/C18H34N2O/c1-2-3-4-5-6-7-8-13-18(21)20-15-10-12-17(20)16-11-9-14-19-16/h16-17,19H,2-15H2,1H3. The van der Waals surface area contributed by atoms with E-state index in [-0.39, 0.29) is 0 Å². The molecule has 2 unspecified atom stereocenters. The molecule has 2 aliphatic heterocycles. The predicted molar refractivity (Wildman–Crippen MR) is 88.4 cm³/mol. The monoisotopic (exact) mass is 294 g/mol. The second-order valence-corrected chi connectivity index (χ2v) is 6.87. The average Bonchev–Trinajstić information content (AvgIpc) is 3.16. The molecule has 0 bridgehead atoms. The minimum Gasteiger partial charge on any atom is -0.338 e. The molecule has 0 aromatic rings. The van der Waals surface area contributed by atoms with Gasteiger partial charge in [-0.3, -0.25) is 4.79 Å². The molecule has 3 heteroatoms. The van der Waals surface area contributed by atoms with Crippen LogP contribution in [0.2, 0.25) is 0 Å². The van der Waals surface area contributed by atoms with E-state index in [4.69, 9.17) is 0 Å². The first kappa shape index (κ1) is 16.8. The Balaban J connectivity index is 1.61. The Kier molecular flexibility index (Phi) is 7.56. The number of hydrogen-bond acceptors (Lipinski definition) is 2. The van der Waals surface area contributed by atoms with Gasteiger partial charge in [0, 0.05) is 25.0 Å². The average molecular weight is 294 g/mol. The molecule has 0 radical (unpaired) electrons. The Morgan fingerprint density at radius 3 is 2.52 bits per heavy atom. The first-order valence-electron chi connectivity index (χ1n) is 9.35. The fraction of sp³-hybridized carbons (Fsp3) is 0.944. The first-order valence-corrected chi connectivity index (χ1v) is 9.35. The van der Waals surface area contributed by atoms with Crippen LogP contribution < -0.4 is 5.32 Å². The zero-order valence-corrected chi connectivity index (χ0v) is 13.9. The summed E-state index contributed by atoms with van der Waals surface area (Å²) in [6.45, 7) is 4.39. The van der Waals surface area contributed by atoms with E-state index in [1.54, 1.807) is 0 Å². The van der Waals surface area contributed by atoms with Crippen LogP contribution in [0.3, 0.4) is 0 Å². The first-order chi connectivity index (χ1) is 10.3. The molecule has 2 aliphatic rings. The Morgan fingerprint density at radius 1 is 1.05 bits per heavy atom. The highest BCUT2D eigenvalue weighted by molar-refractivity contribution is 5.76. The summed E-state index contributed by atoms with van der Waals surface area (Å²) in [5.74, 6) is 0.416. The Bertz CT molecular complexity index is 300. The van der Waals surface area contributed by atoms with E-state index in [9.17, 15) is 4.79 Å². The fourth-order valence-electron chi connectivity index (χ4n) is 3.94. The Labute approximate surface area is 130 Å². The molecular weight excluding hydrogens is 260 g/mol. The third-order valence-electron chi connectivity index (χ3n) is 5.18. The normalized spacial score (nSPS) is 25.7. The lowest BCUT2D eigenvalue weighted by Crippen LogP contribution is -2.46. The summed E-state index contributed by atoms with van der Waals surface area (Å²) in [4.78, 5) is 14.6. The molecular formula is C18H34N2O. The molecule has 0 aliphatic carbocycles. The topological polar surface area (TPSA) is 32.3 Å². The summed E-state index contributed by atoms with van der Waals surface area (Å²) in [5, 5.41) is 3.59. The number of unbranched alkanes of at least 4 members (excludes halogenated alkanes) is 6. The van der Waals surface area contributed by atoms with E-state index >= 15 is 0 Å². The lowest BCUT2D eigenvalue weighted by molar-refractivity contribution is -0.132. The van der Waals surface area contributed by atoms with Gasteiger partial charge in [0.05, 0.1) is 0 Å². The highest BCUT2D eigenvalue weighted by Gasteiger charge is 2.35. The van der Waals surface area contributed by atoms with Crippen molar-refractivity contribution < 1.29 is 4.79 Å². The minimum absolute atomic E-state index is 0.416. The van der Waals surface area contributed by atoms with Gasteiger partial charge in [-0.05, 0) is 38.6 Å². The molecule has 0 aromatic carbocycles. The maximum atomic E-state index is 12.4. The van der Waals surface area contributed by atoms with Gasteiger partial charge >= 0.3 is 0 Å². The van der Waals surface area contributed by atoms with Crippen molar-refractivity contribution in [1.82, 2.24) is 10.2 Å². The van der Waals surface area contributed by atoms with Crippen LogP contribution in [-0.2, 0) is 4.79 Å². The van der Waals surface area contributed by atoms with Crippen molar-refractivity contribution in [2.24, 2.45) is 0 Å². The number of hydrogen-bond donors (Lipinski definition) is 1. The zero-order chi connectivity index (χ0) is 14.9. The lowest BCUT2D eigenvalue weighted by atomic mass is 10.0. The van der Waals surface area contributed by atoms with Crippen LogP contribution >= 0.6 is 0 Å². The van der Waals surface area contributed by atoms with Crippen molar-refractivity contribution in [2.45, 2.75) is 96.1 Å². The molecule has 0 aromatic heterocycles. The van der Waals surface area contributed by atoms with Crippen molar-refractivity contribution in [1.29, 1.82) is 0 Å². The SMILES string of the molecule is CCCCCCCCCC(=O)N1CCCC1C1CCCN1. The number of rotatable bonds is 9. The molecule has 2 saturated heterocycles. The van der Waals surface area contributed by atoms with Crippen molar-refractivity contribution in [3.63, 3.8) is 0 Å². The van der Waals surface area contributed by atoms with Crippen molar-refractivity contribution in [3.8, 4) is 0 Å². The molecule has 1 amide bonds. The van der Waals surface area contributed by atoms with Crippen LogP contribution in [0, 0.1) is 0 Å². The molecule has 0 spiro atoms. The third kappa shape index (κ3) is 5.28. The molecule has 2 rings (SSSR count). The van der Waals surface area contributed by atoms with Crippen LogP contribution in [0.4, 0.5) is 0 Å². The zero-order valence-electron chi connectivity index (χ0n) is 13.9. The van der Waals surface area contributed by atoms with Crippen LogP contribution in [0.5, 0.6) is 0 Å². The van der Waals surface area contributed by atoms with Crippen LogP contribution in [0.1, 0.15) is 84.0 Å². The van der Waals surface area contributed by atoms with E-state index in [0.29, 0.717) is 18.0 Å². The van der Waals surface area contributed by atoms with E-state index < -0.39 is 0 Å². The van der Waals surface area contributed by atoms with Crippen molar-refractivity contribution in [3.05, 3.63) is 0 Å². The molecule has 2 atom stereocenters. The van der Waals surface area contributed by atoms with Crippen LogP contribution in [0.25, 0.3) is 0 Å². The number of carbonyl (C=O) groups excluding carboxylic acids is 1. The van der Waals surface area contributed by atoms with Crippen molar-refractivity contribution in [2.75, 3.05) is 13.1 Å². The van der Waals surface area contributed by atoms with Crippen LogP contribution in [-0.4, -0.2) is 36.0 Å². The maximum absolute atomic E-state index is 12.4. The Morgan fingerprint density at radius 2 is 1.81 bits per heavy atom. The van der Waals surface area contributed by atoms with Gasteiger partial charge in [-0.2, -0.15) is 0 Å². The molecule has 0 saturated carbocycles. The fourth-order valence-corrected chi connectivity index (χ4v) is 3.94. The number of nitrogens with zero attached hydrogens (tertiary/aromatic N) is 1. The van der Waals surface area contributed by atoms with Crippen LogP contribution in [0.15, 0.2) is 0 Å². The minimum atomic E-state index is 0.416. The van der Waals surface area contributed by atoms with Gasteiger partial charge in [-0.15, -0.1) is 0 Å². The van der Waals surface area contributed by atoms with Gasteiger partial charge in [-0.25, -0.2) is 0 Å². The molecule has 3 nitrogen and oxygen atoms in total. The van der Waals surface area contributed by atoms with E-state index in [1.807, 2.05) is 0 Å². The summed E-state index contributed by atoms with van der Waals surface area (Å²) in [7, 11) is 0. The largest absolute Gasteiger partial charge is 0.338 e. The highest BCUT2D eigenvalue weighted by Crippen LogP contribution is 2.25. The number of amides is 1. The maximum Gasteiger partial charge on any atom is 0.222 e. The summed E-state index contributed by atoms with van der Waals surface area (Å²) >= 11 is 0. The molecule has 2 fully saturated rings. The van der Waals surface area contributed by atoms with Gasteiger partial charge in [0.2, 0.25) is 5.91 Å². The molecule has 1 N–H and O–H groups in total. The summed E-state index contributed by atoms with van der Waals surface area (Å²) in [5.41, 5.74) is 0. The molecule has 21 heavy (non-hydrogen) atoms. The third-order valence-corrected chi connectivity index (χ3v) is 5.18. The van der Waals surface area contributed by atoms with E-state index in [2.05, 4.69) is 17.1 Å². The number of likely N-dealkylation sites (tertiary alicyclic amines) is 1. The quantitative estimate of drug-likeness (QED) is 0.655. The van der Waals surface area contributed by atoms with Gasteiger partial charge in [0.25, 0.3) is 0 Å². The lowest BCUT2D eigenvalue weighted by Gasteiger charge is -2.29. The number of carbonyl (C=O) groups is 1. The Hall–Kier alpha value is -0.570. The van der Waals surface area contributed by atoms with E-state index in [0.717, 1.165) is 25.9 Å². The van der Waals surface area contributed by atoms with Gasteiger partial charge < -0.3 is 10.2 Å². The smallest absolute Gasteiger partial charge is 0.222 e. The van der Waals surface area contributed by atoms with Crippen molar-refractivity contribution >= 4 is 5.91 Å². The molecule has 122 valence electrons.